The van der Waals surface area contributed by atoms with Crippen LogP contribution < -0.4 is 0 Å². The van der Waals surface area contributed by atoms with Crippen LogP contribution in [0.15, 0.2) is 24.3 Å². The van der Waals surface area contributed by atoms with Crippen molar-refractivity contribution in [1.29, 1.82) is 0 Å². The molecule has 0 aliphatic carbocycles. The monoisotopic (exact) mass is 176 g/mol. The van der Waals surface area contributed by atoms with Crippen LogP contribution in [-0.4, -0.2) is 5.97 Å². The van der Waals surface area contributed by atoms with Crippen LogP contribution in [0.3, 0.4) is 0 Å². The van der Waals surface area contributed by atoms with Crippen LogP contribution in [0.4, 0.5) is 0 Å². The predicted octanol–water partition coefficient (Wildman–Crippen LogP) is 2.55. The Kier molecular flexibility index (Phi) is 1.83. The predicted molar refractivity (Wildman–Crippen MR) is 49.4 cm³/mol. The summed E-state index contributed by atoms with van der Waals surface area (Å²) in [7, 11) is 0. The molecule has 1 heterocycles. The van der Waals surface area contributed by atoms with Gasteiger partial charge in [0, 0.05) is 5.56 Å². The Balaban J connectivity index is 2.47. The van der Waals surface area contributed by atoms with Crippen molar-refractivity contribution in [2.45, 2.75) is 20.0 Å². The van der Waals surface area contributed by atoms with Crippen LogP contribution in [0.2, 0.25) is 0 Å². The van der Waals surface area contributed by atoms with E-state index in [-0.39, 0.29) is 12.1 Å². The standard InChI is InChI=1S/C11H12O2/c1-7(2)10-8-5-3-4-6-9(8)11(12)13-10/h3-7,10H,1-2H3/t10-/m0/s1. The minimum atomic E-state index is -0.186. The smallest absolute Gasteiger partial charge is 0.339 e. The average molecular weight is 176 g/mol. The summed E-state index contributed by atoms with van der Waals surface area (Å²) < 4.78 is 5.25. The number of hydrogen-bond acceptors (Lipinski definition) is 2. The topological polar surface area (TPSA) is 26.3 Å². The molecule has 68 valence electrons. The minimum Gasteiger partial charge on any atom is -0.454 e. The van der Waals surface area contributed by atoms with E-state index in [1.165, 1.54) is 0 Å². The second-order valence-corrected chi connectivity index (χ2v) is 3.66. The van der Waals surface area contributed by atoms with Gasteiger partial charge in [-0.15, -0.1) is 0 Å². The van der Waals surface area contributed by atoms with E-state index >= 15 is 0 Å². The molecule has 0 unspecified atom stereocenters. The molecule has 0 aromatic heterocycles. The molecule has 1 aliphatic rings. The first-order valence-electron chi connectivity index (χ1n) is 4.50. The van der Waals surface area contributed by atoms with Gasteiger partial charge in [-0.3, -0.25) is 0 Å². The highest BCUT2D eigenvalue weighted by Crippen LogP contribution is 2.35. The normalized spacial score (nSPS) is 20.2. The van der Waals surface area contributed by atoms with Crippen molar-refractivity contribution in [2.75, 3.05) is 0 Å². The summed E-state index contributed by atoms with van der Waals surface area (Å²) in [4.78, 5) is 11.4. The minimum absolute atomic E-state index is 0.0521. The maximum Gasteiger partial charge on any atom is 0.339 e. The molecule has 1 aliphatic heterocycles. The van der Waals surface area contributed by atoms with Crippen molar-refractivity contribution in [3.8, 4) is 0 Å². The molecule has 1 aromatic carbocycles. The zero-order valence-electron chi connectivity index (χ0n) is 7.78. The Bertz CT molecular complexity index is 342. The fourth-order valence-corrected chi connectivity index (χ4v) is 1.67. The number of ether oxygens (including phenoxy) is 1. The van der Waals surface area contributed by atoms with Crippen LogP contribution in [0.5, 0.6) is 0 Å². The summed E-state index contributed by atoms with van der Waals surface area (Å²) in [5.41, 5.74) is 1.75. The highest BCUT2D eigenvalue weighted by atomic mass is 16.5. The SMILES string of the molecule is CC(C)[C@@H]1OC(=O)c2ccccc21. The summed E-state index contributed by atoms with van der Waals surface area (Å²) in [5, 5.41) is 0. The lowest BCUT2D eigenvalue weighted by Crippen LogP contribution is -2.05. The van der Waals surface area contributed by atoms with Gasteiger partial charge in [-0.05, 0) is 12.0 Å². The zero-order valence-corrected chi connectivity index (χ0v) is 7.78. The number of carbonyl (C=O) groups excluding carboxylic acids is 1. The summed E-state index contributed by atoms with van der Waals surface area (Å²) in [6.45, 7) is 4.11. The second-order valence-electron chi connectivity index (χ2n) is 3.66. The van der Waals surface area contributed by atoms with Crippen LogP contribution in [0.25, 0.3) is 0 Å². The number of carbonyl (C=O) groups is 1. The second kappa shape index (κ2) is 2.87. The maximum atomic E-state index is 11.4. The van der Waals surface area contributed by atoms with Gasteiger partial charge in [0.2, 0.25) is 0 Å². The first kappa shape index (κ1) is 8.30. The van der Waals surface area contributed by atoms with Gasteiger partial charge < -0.3 is 4.74 Å². The summed E-state index contributed by atoms with van der Waals surface area (Å²) in [5.74, 6) is 0.155. The van der Waals surface area contributed by atoms with Crippen LogP contribution in [-0.2, 0) is 4.74 Å². The molecule has 0 bridgehead atoms. The molecule has 0 amide bonds. The molecule has 2 rings (SSSR count). The number of fused-ring (bicyclic) bond motifs is 1. The van der Waals surface area contributed by atoms with Gasteiger partial charge in [0.25, 0.3) is 0 Å². The van der Waals surface area contributed by atoms with Crippen molar-refractivity contribution in [1.82, 2.24) is 0 Å². The molecule has 0 spiro atoms. The van der Waals surface area contributed by atoms with Gasteiger partial charge in [0.15, 0.2) is 0 Å². The zero-order chi connectivity index (χ0) is 9.42. The van der Waals surface area contributed by atoms with Gasteiger partial charge >= 0.3 is 5.97 Å². The van der Waals surface area contributed by atoms with Crippen molar-refractivity contribution in [3.05, 3.63) is 35.4 Å². The molecule has 0 saturated carbocycles. The molecule has 2 heteroatoms. The fraction of sp³-hybridized carbons (Fsp3) is 0.364. The third-order valence-electron chi connectivity index (χ3n) is 2.33. The van der Waals surface area contributed by atoms with E-state index in [9.17, 15) is 4.79 Å². The number of benzene rings is 1. The molecule has 2 nitrogen and oxygen atoms in total. The quantitative estimate of drug-likeness (QED) is 0.615. The van der Waals surface area contributed by atoms with Crippen molar-refractivity contribution < 1.29 is 9.53 Å². The third-order valence-corrected chi connectivity index (χ3v) is 2.33. The summed E-state index contributed by atoms with van der Waals surface area (Å²) in [6.07, 6.45) is -0.0521. The molecule has 0 fully saturated rings. The molecular weight excluding hydrogens is 164 g/mol. The fourth-order valence-electron chi connectivity index (χ4n) is 1.67. The van der Waals surface area contributed by atoms with Gasteiger partial charge in [-0.25, -0.2) is 4.79 Å². The Morgan fingerprint density at radius 2 is 2.00 bits per heavy atom. The van der Waals surface area contributed by atoms with Gasteiger partial charge in [0.05, 0.1) is 5.56 Å². The van der Waals surface area contributed by atoms with Gasteiger partial charge in [-0.2, -0.15) is 0 Å². The van der Waals surface area contributed by atoms with Gasteiger partial charge in [-0.1, -0.05) is 32.0 Å². The Labute approximate surface area is 77.5 Å². The van der Waals surface area contributed by atoms with E-state index in [2.05, 4.69) is 13.8 Å². The molecule has 0 saturated heterocycles. The lowest BCUT2D eigenvalue weighted by molar-refractivity contribution is 0.0280. The molecule has 0 N–H and O–H groups in total. The number of esters is 1. The van der Waals surface area contributed by atoms with E-state index < -0.39 is 0 Å². The van der Waals surface area contributed by atoms with E-state index in [1.807, 2.05) is 24.3 Å². The molecule has 0 radical (unpaired) electrons. The molecule has 13 heavy (non-hydrogen) atoms. The summed E-state index contributed by atoms with van der Waals surface area (Å²) >= 11 is 0. The first-order valence-corrected chi connectivity index (χ1v) is 4.50. The van der Waals surface area contributed by atoms with Crippen LogP contribution in [0, 0.1) is 5.92 Å². The Hall–Kier alpha value is -1.31. The van der Waals surface area contributed by atoms with E-state index in [0.29, 0.717) is 5.92 Å². The van der Waals surface area contributed by atoms with E-state index in [1.54, 1.807) is 0 Å². The molecule has 1 aromatic rings. The average Bonchev–Trinajstić information content (AvgIpc) is 2.45. The van der Waals surface area contributed by atoms with E-state index in [4.69, 9.17) is 4.74 Å². The molecular formula is C11H12O2. The third kappa shape index (κ3) is 1.22. The van der Waals surface area contributed by atoms with Crippen molar-refractivity contribution >= 4 is 5.97 Å². The van der Waals surface area contributed by atoms with E-state index in [0.717, 1.165) is 11.1 Å². The number of rotatable bonds is 1. The first-order chi connectivity index (χ1) is 6.20. The van der Waals surface area contributed by atoms with Crippen LogP contribution >= 0.6 is 0 Å². The largest absolute Gasteiger partial charge is 0.454 e. The highest BCUT2D eigenvalue weighted by molar-refractivity contribution is 5.93. The van der Waals surface area contributed by atoms with Crippen molar-refractivity contribution in [3.63, 3.8) is 0 Å². The van der Waals surface area contributed by atoms with Gasteiger partial charge in [0.1, 0.15) is 6.10 Å². The number of hydrogen-bond donors (Lipinski definition) is 0. The Morgan fingerprint density at radius 1 is 1.31 bits per heavy atom. The van der Waals surface area contributed by atoms with Crippen LogP contribution in [0.1, 0.15) is 35.9 Å². The molecule has 1 atom stereocenters. The maximum absolute atomic E-state index is 11.4. The highest BCUT2D eigenvalue weighted by Gasteiger charge is 2.32. The lowest BCUT2D eigenvalue weighted by Gasteiger charge is -2.13. The lowest BCUT2D eigenvalue weighted by atomic mass is 9.97. The van der Waals surface area contributed by atoms with Crippen molar-refractivity contribution in [2.24, 2.45) is 5.92 Å². The Morgan fingerprint density at radius 3 is 2.69 bits per heavy atom. The number of cyclic esters (lactones) is 1. The summed E-state index contributed by atoms with van der Waals surface area (Å²) in [6, 6.07) is 7.59.